The van der Waals surface area contributed by atoms with Gasteiger partial charge in [-0.1, -0.05) is 0 Å². The average Bonchev–Trinajstić information content (AvgIpc) is 3.26. The van der Waals surface area contributed by atoms with Gasteiger partial charge in [0.05, 0.1) is 6.33 Å². The monoisotopic (exact) mass is 394 g/mol. The zero-order valence-electron chi connectivity index (χ0n) is 15.8. The number of rotatable bonds is 6. The van der Waals surface area contributed by atoms with Crippen molar-refractivity contribution in [3.8, 4) is 0 Å². The Morgan fingerprint density at radius 2 is 1.83 bits per heavy atom. The van der Waals surface area contributed by atoms with E-state index in [0.717, 1.165) is 37.3 Å². The number of fused-ring (bicyclic) bond motifs is 1. The number of anilines is 1. The third-order valence-electron chi connectivity index (χ3n) is 5.02. The van der Waals surface area contributed by atoms with E-state index in [4.69, 9.17) is 0 Å². The van der Waals surface area contributed by atoms with Crippen LogP contribution in [0.25, 0.3) is 11.2 Å². The molecule has 0 aliphatic carbocycles. The molecule has 3 N–H and O–H groups in total. The Bertz CT molecular complexity index is 982. The number of nitrogens with zero attached hydrogens (tertiary/aromatic N) is 5. The van der Waals surface area contributed by atoms with E-state index in [0.29, 0.717) is 24.3 Å². The Kier molecular flexibility index (Phi) is 5.59. The fourth-order valence-electron chi connectivity index (χ4n) is 3.46. The van der Waals surface area contributed by atoms with Gasteiger partial charge in [-0.15, -0.1) is 0 Å². The van der Waals surface area contributed by atoms with Gasteiger partial charge in [-0.3, -0.25) is 14.6 Å². The van der Waals surface area contributed by atoms with Crippen molar-refractivity contribution in [2.75, 3.05) is 31.1 Å². The lowest BCUT2D eigenvalue weighted by molar-refractivity contribution is -0.125. The predicted molar refractivity (Wildman–Crippen MR) is 106 cm³/mol. The number of carbonyl (C=O) groups is 2. The second-order valence-corrected chi connectivity index (χ2v) is 6.84. The first-order valence-electron chi connectivity index (χ1n) is 9.57. The molecule has 1 aliphatic heterocycles. The van der Waals surface area contributed by atoms with E-state index in [2.05, 4.69) is 40.5 Å². The summed E-state index contributed by atoms with van der Waals surface area (Å²) < 4.78 is 0. The van der Waals surface area contributed by atoms with Crippen LogP contribution < -0.4 is 15.5 Å². The average molecular weight is 394 g/mol. The van der Waals surface area contributed by atoms with E-state index >= 15 is 0 Å². The summed E-state index contributed by atoms with van der Waals surface area (Å²) in [5, 5.41) is 5.70. The minimum absolute atomic E-state index is 0.0252. The molecule has 3 aromatic heterocycles. The number of imidazole rings is 1. The van der Waals surface area contributed by atoms with Crippen LogP contribution in [0.3, 0.4) is 0 Å². The van der Waals surface area contributed by atoms with Crippen LogP contribution >= 0.6 is 0 Å². The summed E-state index contributed by atoms with van der Waals surface area (Å²) in [4.78, 5) is 46.2. The van der Waals surface area contributed by atoms with Crippen LogP contribution in [0, 0.1) is 5.92 Å². The summed E-state index contributed by atoms with van der Waals surface area (Å²) in [6, 6.07) is 3.30. The first-order chi connectivity index (χ1) is 14.2. The van der Waals surface area contributed by atoms with Crippen molar-refractivity contribution in [3.05, 3.63) is 42.7 Å². The van der Waals surface area contributed by atoms with Crippen LogP contribution in [0.1, 0.15) is 23.2 Å². The summed E-state index contributed by atoms with van der Waals surface area (Å²) in [6.45, 7) is 2.25. The zero-order chi connectivity index (χ0) is 20.1. The molecule has 0 unspecified atom stereocenters. The van der Waals surface area contributed by atoms with Crippen molar-refractivity contribution in [1.82, 2.24) is 35.6 Å². The minimum atomic E-state index is -0.176. The van der Waals surface area contributed by atoms with Gasteiger partial charge < -0.3 is 20.5 Å². The first-order valence-corrected chi connectivity index (χ1v) is 9.57. The van der Waals surface area contributed by atoms with Gasteiger partial charge in [0.15, 0.2) is 11.5 Å². The molecule has 0 aromatic carbocycles. The van der Waals surface area contributed by atoms with Crippen LogP contribution in [0.5, 0.6) is 0 Å². The van der Waals surface area contributed by atoms with Crippen molar-refractivity contribution >= 4 is 28.8 Å². The van der Waals surface area contributed by atoms with E-state index in [-0.39, 0.29) is 17.7 Å². The van der Waals surface area contributed by atoms with Gasteiger partial charge in [0.25, 0.3) is 5.91 Å². The fourth-order valence-corrected chi connectivity index (χ4v) is 3.46. The van der Waals surface area contributed by atoms with Crippen LogP contribution in [-0.2, 0) is 4.79 Å². The van der Waals surface area contributed by atoms with Crippen molar-refractivity contribution in [1.29, 1.82) is 0 Å². The molecular formula is C19H22N8O2. The topological polar surface area (TPSA) is 129 Å². The van der Waals surface area contributed by atoms with Gasteiger partial charge >= 0.3 is 0 Å². The zero-order valence-corrected chi connectivity index (χ0v) is 15.8. The van der Waals surface area contributed by atoms with E-state index in [1.165, 1.54) is 6.33 Å². The second-order valence-electron chi connectivity index (χ2n) is 6.84. The molecule has 2 amide bonds. The highest BCUT2D eigenvalue weighted by molar-refractivity contribution is 5.94. The molecule has 0 radical (unpaired) electrons. The van der Waals surface area contributed by atoms with Crippen molar-refractivity contribution in [3.63, 3.8) is 0 Å². The van der Waals surface area contributed by atoms with Gasteiger partial charge in [0, 0.05) is 50.1 Å². The maximum atomic E-state index is 12.4. The molecule has 0 spiro atoms. The lowest BCUT2D eigenvalue weighted by Gasteiger charge is -2.32. The molecule has 3 aromatic rings. The lowest BCUT2D eigenvalue weighted by Crippen LogP contribution is -2.42. The second kappa shape index (κ2) is 8.63. The molecule has 150 valence electrons. The predicted octanol–water partition coefficient (Wildman–Crippen LogP) is 0.511. The third kappa shape index (κ3) is 4.31. The van der Waals surface area contributed by atoms with Crippen LogP contribution in [0.4, 0.5) is 5.82 Å². The molecule has 1 saturated heterocycles. The Hall–Kier alpha value is -3.56. The molecule has 29 heavy (non-hydrogen) atoms. The molecule has 0 atom stereocenters. The Labute approximate surface area is 167 Å². The number of pyridine rings is 1. The highest BCUT2D eigenvalue weighted by atomic mass is 16.2. The smallest absolute Gasteiger partial charge is 0.251 e. The van der Waals surface area contributed by atoms with Gasteiger partial charge in [-0.2, -0.15) is 0 Å². The number of amides is 2. The third-order valence-corrected chi connectivity index (χ3v) is 5.02. The number of hydrogen-bond donors (Lipinski definition) is 3. The summed E-state index contributed by atoms with van der Waals surface area (Å²) in [5.41, 5.74) is 2.01. The molecule has 0 saturated carbocycles. The van der Waals surface area contributed by atoms with E-state index in [1.807, 2.05) is 0 Å². The fraction of sp³-hybridized carbons (Fsp3) is 0.368. The molecular weight excluding hydrogens is 372 g/mol. The number of carbonyl (C=O) groups excluding carboxylic acids is 2. The van der Waals surface area contributed by atoms with Crippen LogP contribution in [0.15, 0.2) is 37.2 Å². The van der Waals surface area contributed by atoms with Crippen LogP contribution in [0.2, 0.25) is 0 Å². The number of H-pyrrole nitrogens is 1. The minimum Gasteiger partial charge on any atom is -0.355 e. The molecule has 4 heterocycles. The molecule has 0 bridgehead atoms. The van der Waals surface area contributed by atoms with Crippen molar-refractivity contribution in [2.24, 2.45) is 5.92 Å². The van der Waals surface area contributed by atoms with Crippen molar-refractivity contribution in [2.45, 2.75) is 12.8 Å². The van der Waals surface area contributed by atoms with Gasteiger partial charge in [0.2, 0.25) is 5.91 Å². The molecule has 10 nitrogen and oxygen atoms in total. The van der Waals surface area contributed by atoms with Crippen molar-refractivity contribution < 1.29 is 9.59 Å². The summed E-state index contributed by atoms with van der Waals surface area (Å²) in [6.07, 6.45) is 7.75. The summed E-state index contributed by atoms with van der Waals surface area (Å²) in [7, 11) is 0. The lowest BCUT2D eigenvalue weighted by atomic mass is 9.96. The Balaban J connectivity index is 1.21. The summed E-state index contributed by atoms with van der Waals surface area (Å²) >= 11 is 0. The number of piperidine rings is 1. The largest absolute Gasteiger partial charge is 0.355 e. The normalized spacial score (nSPS) is 14.7. The van der Waals surface area contributed by atoms with Crippen LogP contribution in [-0.4, -0.2) is 62.9 Å². The highest BCUT2D eigenvalue weighted by Crippen LogP contribution is 2.25. The molecule has 10 heteroatoms. The van der Waals surface area contributed by atoms with Gasteiger partial charge in [-0.05, 0) is 25.0 Å². The van der Waals surface area contributed by atoms with E-state index in [9.17, 15) is 9.59 Å². The van der Waals surface area contributed by atoms with E-state index in [1.54, 1.807) is 30.9 Å². The number of hydrogen-bond acceptors (Lipinski definition) is 7. The number of nitrogens with one attached hydrogen (secondary N) is 3. The molecule has 1 aliphatic rings. The summed E-state index contributed by atoms with van der Waals surface area (Å²) in [5.74, 6) is 0.633. The first kappa shape index (κ1) is 18.8. The SMILES string of the molecule is O=C(NCCNC(=O)C1CCN(c2ncnc3nc[nH]c23)CC1)c1ccncc1. The standard InChI is InChI=1S/C19H22N8O2/c28-18(13-1-5-20-6-2-13)21-7-8-22-19(29)14-3-9-27(10-4-14)17-15-16(24-11-23-15)25-12-26-17/h1-2,5-6,11-12,14H,3-4,7-10H2,(H,21,28)(H,22,29)(H,23,24,25,26). The highest BCUT2D eigenvalue weighted by Gasteiger charge is 2.26. The maximum Gasteiger partial charge on any atom is 0.251 e. The molecule has 4 rings (SSSR count). The Morgan fingerprint density at radius 3 is 2.62 bits per heavy atom. The number of aromatic amines is 1. The van der Waals surface area contributed by atoms with E-state index < -0.39 is 0 Å². The van der Waals surface area contributed by atoms with Gasteiger partial charge in [-0.25, -0.2) is 15.0 Å². The maximum absolute atomic E-state index is 12.4. The Morgan fingerprint density at radius 1 is 1.07 bits per heavy atom. The molecule has 1 fully saturated rings. The quantitative estimate of drug-likeness (QED) is 0.520. The number of aromatic nitrogens is 5. The van der Waals surface area contributed by atoms with Gasteiger partial charge in [0.1, 0.15) is 11.8 Å².